The number of amides is 1. The van der Waals surface area contributed by atoms with Crippen molar-refractivity contribution in [3.8, 4) is 0 Å². The molecule has 1 N–H and O–H groups in total. The van der Waals surface area contributed by atoms with Crippen molar-refractivity contribution in [2.24, 2.45) is 11.8 Å². The molecule has 0 heterocycles. The summed E-state index contributed by atoms with van der Waals surface area (Å²) in [4.78, 5) is 21.8. The van der Waals surface area contributed by atoms with Gasteiger partial charge in [0.15, 0.2) is 0 Å². The second-order valence-corrected chi connectivity index (χ2v) is 4.51. The summed E-state index contributed by atoms with van der Waals surface area (Å²) >= 11 is 0. The van der Waals surface area contributed by atoms with E-state index in [2.05, 4.69) is 5.32 Å². The summed E-state index contributed by atoms with van der Waals surface area (Å²) in [6.45, 7) is 8.28. The Kier molecular flexibility index (Phi) is 6.75. The van der Waals surface area contributed by atoms with Crippen molar-refractivity contribution in [1.82, 2.24) is 5.32 Å². The van der Waals surface area contributed by atoms with Gasteiger partial charge in [0.25, 0.3) is 0 Å². The van der Waals surface area contributed by atoms with Gasteiger partial charge in [0.2, 0.25) is 0 Å². The first-order valence-electron chi connectivity index (χ1n) is 5.34. The van der Waals surface area contributed by atoms with E-state index in [1.165, 1.54) is 0 Å². The smallest absolute Gasteiger partial charge is 0.407 e. The molecule has 1 unspecified atom stereocenters. The van der Waals surface area contributed by atoms with Crippen LogP contribution in [0.2, 0.25) is 0 Å². The minimum Gasteiger partial charge on any atom is -0.449 e. The van der Waals surface area contributed by atoms with Gasteiger partial charge in [-0.3, -0.25) is 0 Å². The van der Waals surface area contributed by atoms with E-state index < -0.39 is 12.1 Å². The van der Waals surface area contributed by atoms with Crippen molar-refractivity contribution in [1.29, 1.82) is 0 Å². The van der Waals surface area contributed by atoms with E-state index >= 15 is 0 Å². The van der Waals surface area contributed by atoms with Crippen molar-refractivity contribution in [3.63, 3.8) is 0 Å². The summed E-state index contributed by atoms with van der Waals surface area (Å²) in [5, 5.41) is 2.52. The summed E-state index contributed by atoms with van der Waals surface area (Å²) < 4.78 is 4.91. The maximum atomic E-state index is 11.2. The van der Waals surface area contributed by atoms with Crippen LogP contribution in [0.5, 0.6) is 0 Å². The number of ether oxygens (including phenoxy) is 1. The second-order valence-electron chi connectivity index (χ2n) is 4.51. The SMILES string of the molecule is CC(C)COC(=O)NC(C=O)CC(C)C. The topological polar surface area (TPSA) is 55.4 Å². The maximum absolute atomic E-state index is 11.2. The molecule has 0 aliphatic rings. The Morgan fingerprint density at radius 3 is 2.27 bits per heavy atom. The van der Waals surface area contributed by atoms with Crippen LogP contribution in [-0.4, -0.2) is 25.0 Å². The zero-order valence-electron chi connectivity index (χ0n) is 9.95. The predicted molar refractivity (Wildman–Crippen MR) is 58.6 cm³/mol. The highest BCUT2D eigenvalue weighted by Crippen LogP contribution is 2.03. The van der Waals surface area contributed by atoms with Gasteiger partial charge in [-0.15, -0.1) is 0 Å². The molecule has 0 saturated heterocycles. The Hall–Kier alpha value is -1.06. The van der Waals surface area contributed by atoms with Gasteiger partial charge >= 0.3 is 6.09 Å². The monoisotopic (exact) mass is 215 g/mol. The van der Waals surface area contributed by atoms with Crippen LogP contribution in [0.1, 0.15) is 34.1 Å². The van der Waals surface area contributed by atoms with Gasteiger partial charge in [0, 0.05) is 0 Å². The lowest BCUT2D eigenvalue weighted by Crippen LogP contribution is -2.37. The highest BCUT2D eigenvalue weighted by Gasteiger charge is 2.13. The van der Waals surface area contributed by atoms with E-state index in [9.17, 15) is 9.59 Å². The third kappa shape index (κ3) is 7.97. The second kappa shape index (κ2) is 7.26. The summed E-state index contributed by atoms with van der Waals surface area (Å²) in [6, 6.07) is -0.440. The molecular weight excluding hydrogens is 194 g/mol. The van der Waals surface area contributed by atoms with E-state index in [0.29, 0.717) is 24.9 Å². The van der Waals surface area contributed by atoms with Crippen molar-refractivity contribution < 1.29 is 14.3 Å². The first-order chi connectivity index (χ1) is 6.95. The van der Waals surface area contributed by atoms with E-state index in [1.807, 2.05) is 27.7 Å². The number of rotatable bonds is 6. The minimum absolute atomic E-state index is 0.301. The highest BCUT2D eigenvalue weighted by molar-refractivity contribution is 5.73. The third-order valence-corrected chi connectivity index (χ3v) is 1.74. The fraction of sp³-hybridized carbons (Fsp3) is 0.818. The molecule has 0 aliphatic heterocycles. The molecule has 0 spiro atoms. The largest absolute Gasteiger partial charge is 0.449 e. The standard InChI is InChI=1S/C11H21NO3/c1-8(2)5-10(6-13)12-11(14)15-7-9(3)4/h6,8-10H,5,7H2,1-4H3,(H,12,14). The number of aldehydes is 1. The van der Waals surface area contributed by atoms with E-state index in [4.69, 9.17) is 4.74 Å². The van der Waals surface area contributed by atoms with Crippen LogP contribution < -0.4 is 5.32 Å². The zero-order chi connectivity index (χ0) is 11.8. The van der Waals surface area contributed by atoms with Crippen LogP contribution in [0.3, 0.4) is 0 Å². The van der Waals surface area contributed by atoms with Crippen molar-refractivity contribution >= 4 is 12.4 Å². The molecule has 0 aromatic rings. The molecule has 0 aliphatic carbocycles. The molecule has 0 aromatic heterocycles. The first-order valence-corrected chi connectivity index (χ1v) is 5.34. The van der Waals surface area contributed by atoms with Crippen LogP contribution in [-0.2, 0) is 9.53 Å². The molecule has 0 fully saturated rings. The number of alkyl carbamates (subject to hydrolysis) is 1. The molecule has 4 heteroatoms. The maximum Gasteiger partial charge on any atom is 0.407 e. The predicted octanol–water partition coefficient (Wildman–Crippen LogP) is 1.98. The molecule has 1 amide bonds. The quantitative estimate of drug-likeness (QED) is 0.689. The summed E-state index contributed by atoms with van der Waals surface area (Å²) in [5.74, 6) is 0.668. The van der Waals surface area contributed by atoms with Crippen molar-refractivity contribution in [2.45, 2.75) is 40.2 Å². The molecule has 0 saturated carbocycles. The van der Waals surface area contributed by atoms with Crippen LogP contribution in [0.15, 0.2) is 0 Å². The van der Waals surface area contributed by atoms with E-state index in [-0.39, 0.29) is 0 Å². The molecule has 0 aromatic carbocycles. The summed E-state index contributed by atoms with van der Waals surface area (Å²) in [6.07, 6.45) is 0.873. The lowest BCUT2D eigenvalue weighted by molar-refractivity contribution is -0.109. The van der Waals surface area contributed by atoms with Crippen molar-refractivity contribution in [3.05, 3.63) is 0 Å². The molecule has 0 rings (SSSR count). The molecule has 0 radical (unpaired) electrons. The van der Waals surface area contributed by atoms with Gasteiger partial charge < -0.3 is 14.8 Å². The van der Waals surface area contributed by atoms with Gasteiger partial charge in [-0.05, 0) is 18.3 Å². The first kappa shape index (κ1) is 13.9. The lowest BCUT2D eigenvalue weighted by atomic mass is 10.1. The average Bonchev–Trinajstić information content (AvgIpc) is 2.13. The Morgan fingerprint density at radius 1 is 1.27 bits per heavy atom. The van der Waals surface area contributed by atoms with Gasteiger partial charge in [-0.1, -0.05) is 27.7 Å². The fourth-order valence-corrected chi connectivity index (χ4v) is 1.09. The van der Waals surface area contributed by atoms with Gasteiger partial charge in [-0.2, -0.15) is 0 Å². The normalized spacial score (nSPS) is 12.7. The van der Waals surface area contributed by atoms with Crippen LogP contribution in [0, 0.1) is 11.8 Å². The lowest BCUT2D eigenvalue weighted by Gasteiger charge is -2.15. The molecule has 1 atom stereocenters. The summed E-state index contributed by atoms with van der Waals surface area (Å²) in [7, 11) is 0. The highest BCUT2D eigenvalue weighted by atomic mass is 16.5. The summed E-state index contributed by atoms with van der Waals surface area (Å²) in [5.41, 5.74) is 0. The Labute approximate surface area is 91.4 Å². The number of nitrogens with one attached hydrogen (secondary N) is 1. The zero-order valence-corrected chi connectivity index (χ0v) is 9.95. The number of carbonyl (C=O) groups excluding carboxylic acids is 2. The van der Waals surface area contributed by atoms with Gasteiger partial charge in [-0.25, -0.2) is 4.79 Å². The Morgan fingerprint density at radius 2 is 1.87 bits per heavy atom. The molecule has 0 bridgehead atoms. The average molecular weight is 215 g/mol. The molecule has 15 heavy (non-hydrogen) atoms. The number of hydrogen-bond donors (Lipinski definition) is 1. The number of carbonyl (C=O) groups is 2. The van der Waals surface area contributed by atoms with Crippen LogP contribution in [0.25, 0.3) is 0 Å². The Balaban J connectivity index is 3.85. The van der Waals surface area contributed by atoms with E-state index in [1.54, 1.807) is 0 Å². The fourth-order valence-electron chi connectivity index (χ4n) is 1.09. The van der Waals surface area contributed by atoms with Crippen molar-refractivity contribution in [2.75, 3.05) is 6.61 Å². The molecule has 88 valence electrons. The van der Waals surface area contributed by atoms with Gasteiger partial charge in [0.05, 0.1) is 12.6 Å². The number of hydrogen-bond acceptors (Lipinski definition) is 3. The Bertz CT molecular complexity index is 202. The minimum atomic E-state index is -0.513. The van der Waals surface area contributed by atoms with Crippen LogP contribution in [0.4, 0.5) is 4.79 Å². The van der Waals surface area contributed by atoms with Gasteiger partial charge in [0.1, 0.15) is 6.29 Å². The van der Waals surface area contributed by atoms with Crippen LogP contribution >= 0.6 is 0 Å². The van der Waals surface area contributed by atoms with E-state index in [0.717, 1.165) is 6.29 Å². The third-order valence-electron chi connectivity index (χ3n) is 1.74. The molecular formula is C11H21NO3. The molecule has 4 nitrogen and oxygen atoms in total.